The van der Waals surface area contributed by atoms with Gasteiger partial charge < -0.3 is 19.2 Å². The highest BCUT2D eigenvalue weighted by molar-refractivity contribution is 7.88. The van der Waals surface area contributed by atoms with Gasteiger partial charge in [-0.1, -0.05) is 13.3 Å². The molecule has 2 N–H and O–H groups in total. The van der Waals surface area contributed by atoms with Gasteiger partial charge in [-0.25, -0.2) is 13.1 Å². The van der Waals surface area contributed by atoms with Crippen LogP contribution < -0.4 is 24.5 Å². The maximum Gasteiger partial charge on any atom is 0.252 e. The lowest BCUT2D eigenvalue weighted by Gasteiger charge is -2.16. The minimum Gasteiger partial charge on any atom is -0.497 e. The predicted molar refractivity (Wildman–Crippen MR) is 144 cm³/mol. The van der Waals surface area contributed by atoms with Gasteiger partial charge in [0.05, 0.1) is 39.6 Å². The largest absolute Gasteiger partial charge is 0.497 e. The number of aromatic amines is 1. The Hall–Kier alpha value is -3.63. The lowest BCUT2D eigenvalue weighted by molar-refractivity contribution is 0.356. The lowest BCUT2D eigenvalue weighted by atomic mass is 9.95. The Morgan fingerprint density at radius 2 is 1.68 bits per heavy atom. The number of nitrogens with zero attached hydrogens (tertiary/aromatic N) is 1. The quantitative estimate of drug-likeness (QED) is 0.324. The van der Waals surface area contributed by atoms with Crippen molar-refractivity contribution in [1.29, 1.82) is 0 Å². The first-order valence-electron chi connectivity index (χ1n) is 11.9. The van der Waals surface area contributed by atoms with Crippen molar-refractivity contribution in [3.8, 4) is 17.2 Å². The second kappa shape index (κ2) is 10.8. The van der Waals surface area contributed by atoms with Crippen molar-refractivity contribution in [2.75, 3.05) is 27.6 Å². The Labute approximate surface area is 215 Å². The van der Waals surface area contributed by atoms with E-state index in [0.29, 0.717) is 39.9 Å². The van der Waals surface area contributed by atoms with Crippen LogP contribution >= 0.6 is 0 Å². The number of aryl methyl sites for hydroxylation is 1. The Bertz CT molecular complexity index is 1630. The van der Waals surface area contributed by atoms with Crippen molar-refractivity contribution in [2.24, 2.45) is 0 Å². The third-order valence-corrected chi connectivity index (χ3v) is 6.94. The van der Waals surface area contributed by atoms with E-state index >= 15 is 0 Å². The maximum atomic E-state index is 13.4. The molecule has 196 valence electrons. The molecule has 0 bridgehead atoms. The maximum absolute atomic E-state index is 13.4. The van der Waals surface area contributed by atoms with Crippen LogP contribution in [0.5, 0.6) is 17.2 Å². The molecule has 4 aromatic rings. The molecule has 37 heavy (non-hydrogen) atoms. The van der Waals surface area contributed by atoms with Gasteiger partial charge in [-0.05, 0) is 53.8 Å². The van der Waals surface area contributed by atoms with Gasteiger partial charge in [0.25, 0.3) is 5.56 Å². The first kappa shape index (κ1) is 26.4. The lowest BCUT2D eigenvalue weighted by Crippen LogP contribution is -2.25. The summed E-state index contributed by atoms with van der Waals surface area (Å²) in [5, 5.41) is 2.24. The van der Waals surface area contributed by atoms with E-state index in [2.05, 4.69) is 22.7 Å². The summed E-state index contributed by atoms with van der Waals surface area (Å²) in [6.07, 6.45) is 3.07. The summed E-state index contributed by atoms with van der Waals surface area (Å²) < 4.78 is 42.3. The van der Waals surface area contributed by atoms with Gasteiger partial charge in [-0.2, -0.15) is 0 Å². The third kappa shape index (κ3) is 5.70. The van der Waals surface area contributed by atoms with Gasteiger partial charge in [0.2, 0.25) is 10.0 Å². The Morgan fingerprint density at radius 1 is 0.973 bits per heavy atom. The van der Waals surface area contributed by atoms with E-state index in [4.69, 9.17) is 19.2 Å². The van der Waals surface area contributed by atoms with Crippen molar-refractivity contribution < 1.29 is 22.6 Å². The summed E-state index contributed by atoms with van der Waals surface area (Å²) in [6, 6.07) is 11.3. The zero-order valence-electron chi connectivity index (χ0n) is 21.6. The highest BCUT2D eigenvalue weighted by Crippen LogP contribution is 2.35. The van der Waals surface area contributed by atoms with Crippen LogP contribution in [0.4, 0.5) is 0 Å². The molecule has 0 spiro atoms. The highest BCUT2D eigenvalue weighted by atomic mass is 32.2. The standard InChI is InChI=1S/C27H31N3O6S/c1-6-7-22-17(10-16-11-18(34-2)8-9-23(16)29-22)12-21-19-13-25(35-3)26(36-4)14-20(19)24(30-27(21)31)15-28-37(5,32)33/h8-11,13-14,28H,6-7,12,15H2,1-5H3,(H,30,31). The summed E-state index contributed by atoms with van der Waals surface area (Å²) in [5.41, 5.74) is 3.38. The molecule has 2 aromatic carbocycles. The van der Waals surface area contributed by atoms with Gasteiger partial charge in [0, 0.05) is 34.1 Å². The number of methoxy groups -OCH3 is 3. The Morgan fingerprint density at radius 3 is 2.30 bits per heavy atom. The monoisotopic (exact) mass is 525 g/mol. The van der Waals surface area contributed by atoms with E-state index < -0.39 is 10.0 Å². The zero-order valence-corrected chi connectivity index (χ0v) is 22.4. The summed E-state index contributed by atoms with van der Waals surface area (Å²) in [7, 11) is 1.20. The van der Waals surface area contributed by atoms with Crippen molar-refractivity contribution in [3.05, 3.63) is 69.3 Å². The minimum absolute atomic E-state index is 0.0707. The molecular formula is C27H31N3O6S. The number of rotatable bonds is 10. The first-order chi connectivity index (χ1) is 17.7. The summed E-state index contributed by atoms with van der Waals surface area (Å²) in [6.45, 7) is 2.02. The number of nitrogens with one attached hydrogen (secondary N) is 2. The molecule has 10 heteroatoms. The van der Waals surface area contributed by atoms with Crippen molar-refractivity contribution in [1.82, 2.24) is 14.7 Å². The van der Waals surface area contributed by atoms with E-state index in [1.807, 2.05) is 18.2 Å². The molecule has 0 amide bonds. The van der Waals surface area contributed by atoms with Crippen molar-refractivity contribution >= 4 is 31.7 Å². The highest BCUT2D eigenvalue weighted by Gasteiger charge is 2.19. The summed E-state index contributed by atoms with van der Waals surface area (Å²) in [5.74, 6) is 1.67. The van der Waals surface area contributed by atoms with Crippen molar-refractivity contribution in [2.45, 2.75) is 32.7 Å². The fraction of sp³-hybridized carbons (Fsp3) is 0.333. The number of sulfonamides is 1. The molecule has 2 aromatic heterocycles. The van der Waals surface area contributed by atoms with Crippen LogP contribution in [0, 0.1) is 0 Å². The van der Waals surface area contributed by atoms with Gasteiger partial charge >= 0.3 is 0 Å². The SMILES string of the molecule is CCCc1nc2ccc(OC)cc2cc1Cc1c(=O)[nH]c(CNS(C)(=O)=O)c2cc(OC)c(OC)cc12. The normalized spacial score (nSPS) is 11.7. The molecule has 0 aliphatic rings. The fourth-order valence-electron chi connectivity index (χ4n) is 4.46. The van der Waals surface area contributed by atoms with Gasteiger partial charge in [-0.3, -0.25) is 9.78 Å². The fourth-order valence-corrected chi connectivity index (χ4v) is 4.87. The zero-order chi connectivity index (χ0) is 26.7. The average molecular weight is 526 g/mol. The number of ether oxygens (including phenoxy) is 3. The number of pyridine rings is 2. The van der Waals surface area contributed by atoms with Crippen LogP contribution in [0.3, 0.4) is 0 Å². The summed E-state index contributed by atoms with van der Waals surface area (Å²) in [4.78, 5) is 21.2. The van der Waals surface area contributed by atoms with E-state index in [1.54, 1.807) is 19.2 Å². The Balaban J connectivity index is 1.93. The molecule has 9 nitrogen and oxygen atoms in total. The molecule has 2 heterocycles. The van der Waals surface area contributed by atoms with Crippen LogP contribution in [0.2, 0.25) is 0 Å². The molecule has 0 saturated heterocycles. The smallest absolute Gasteiger partial charge is 0.252 e. The molecule has 0 aliphatic carbocycles. The van der Waals surface area contributed by atoms with Crippen LogP contribution in [0.25, 0.3) is 21.7 Å². The second-order valence-electron chi connectivity index (χ2n) is 8.84. The molecule has 4 rings (SSSR count). The van der Waals surface area contributed by atoms with Crippen LogP contribution in [-0.4, -0.2) is 46.0 Å². The first-order valence-corrected chi connectivity index (χ1v) is 13.8. The number of fused-ring (bicyclic) bond motifs is 2. The van der Waals surface area contributed by atoms with Crippen LogP contribution in [0.15, 0.2) is 41.2 Å². The number of aromatic nitrogens is 2. The predicted octanol–water partition coefficient (Wildman–Crippen LogP) is 3.69. The van der Waals surface area contributed by atoms with Crippen molar-refractivity contribution in [3.63, 3.8) is 0 Å². The molecule has 0 atom stereocenters. The Kier molecular flexibility index (Phi) is 7.70. The molecule has 0 fully saturated rings. The molecule has 0 aliphatic heterocycles. The minimum atomic E-state index is -3.48. The molecular weight excluding hydrogens is 494 g/mol. The number of hydrogen-bond donors (Lipinski definition) is 2. The molecule has 0 radical (unpaired) electrons. The van der Waals surface area contributed by atoms with Gasteiger partial charge in [-0.15, -0.1) is 0 Å². The van der Waals surface area contributed by atoms with E-state index in [-0.39, 0.29) is 12.1 Å². The third-order valence-electron chi connectivity index (χ3n) is 6.27. The topological polar surface area (TPSA) is 120 Å². The molecule has 0 saturated carbocycles. The molecule has 0 unspecified atom stereocenters. The summed E-state index contributed by atoms with van der Waals surface area (Å²) >= 11 is 0. The van der Waals surface area contributed by atoms with Gasteiger partial charge in [0.1, 0.15) is 5.75 Å². The number of H-pyrrole nitrogens is 1. The second-order valence-corrected chi connectivity index (χ2v) is 10.7. The van der Waals surface area contributed by atoms with Crippen LogP contribution in [0.1, 0.15) is 35.9 Å². The van der Waals surface area contributed by atoms with Crippen LogP contribution in [-0.2, 0) is 29.4 Å². The number of hydrogen-bond acceptors (Lipinski definition) is 7. The van der Waals surface area contributed by atoms with E-state index in [1.165, 1.54) is 14.2 Å². The van der Waals surface area contributed by atoms with Gasteiger partial charge in [0.15, 0.2) is 11.5 Å². The van der Waals surface area contributed by atoms with E-state index in [9.17, 15) is 13.2 Å². The average Bonchev–Trinajstić information content (AvgIpc) is 2.87. The van der Waals surface area contributed by atoms with E-state index in [0.717, 1.165) is 47.0 Å². The number of benzene rings is 2.